The summed E-state index contributed by atoms with van der Waals surface area (Å²) in [7, 11) is 0. The molecule has 0 radical (unpaired) electrons. The molecule has 4 N–H and O–H groups in total. The van der Waals surface area contributed by atoms with E-state index in [1.807, 2.05) is 19.1 Å². The number of rotatable bonds is 4. The summed E-state index contributed by atoms with van der Waals surface area (Å²) in [6.45, 7) is 2.49. The summed E-state index contributed by atoms with van der Waals surface area (Å²) in [6, 6.07) is 4.76. The molecule has 0 heterocycles. The molecule has 0 aliphatic heterocycles. The third-order valence-corrected chi connectivity index (χ3v) is 2.45. The topological polar surface area (TPSA) is 84.2 Å². The molecule has 6 heteroatoms. The number of aryl methyl sites for hydroxylation is 1. The van der Waals surface area contributed by atoms with Crippen LogP contribution >= 0.6 is 12.6 Å². The van der Waals surface area contributed by atoms with Gasteiger partial charge in [-0.25, -0.2) is 4.79 Å². The molecule has 5 nitrogen and oxygen atoms in total. The van der Waals surface area contributed by atoms with Gasteiger partial charge in [0, 0.05) is 23.5 Å². The van der Waals surface area contributed by atoms with Crippen molar-refractivity contribution >= 4 is 24.6 Å². The molecule has 0 fully saturated rings. The summed E-state index contributed by atoms with van der Waals surface area (Å²) in [5.74, 6) is -0.190. The second-order valence-electron chi connectivity index (χ2n) is 3.55. The van der Waals surface area contributed by atoms with Crippen LogP contribution in [0.4, 0.5) is 4.79 Å². The fraction of sp³-hybridized carbons (Fsp3) is 0.273. The van der Waals surface area contributed by atoms with Crippen molar-refractivity contribution in [1.29, 1.82) is 0 Å². The van der Waals surface area contributed by atoms with Crippen molar-refractivity contribution in [3.05, 3.63) is 29.3 Å². The number of hydrogen-bond donors (Lipinski definition) is 4. The Morgan fingerprint density at radius 3 is 2.59 bits per heavy atom. The molecule has 92 valence electrons. The van der Waals surface area contributed by atoms with Crippen LogP contribution in [0.3, 0.4) is 0 Å². The van der Waals surface area contributed by atoms with E-state index in [2.05, 4.69) is 23.3 Å². The molecular weight excluding hydrogens is 238 g/mol. The van der Waals surface area contributed by atoms with Crippen LogP contribution in [0.25, 0.3) is 0 Å². The third-order valence-electron chi connectivity index (χ3n) is 2.18. The lowest BCUT2D eigenvalue weighted by molar-refractivity contribution is 0.0953. The number of nitrogens with one attached hydrogen (secondary N) is 2. The Morgan fingerprint density at radius 2 is 1.94 bits per heavy atom. The molecule has 0 saturated carbocycles. The number of carbonyl (C=O) groups excluding carboxylic acids is 2. The van der Waals surface area contributed by atoms with Gasteiger partial charge in [0.25, 0.3) is 5.91 Å². The largest absolute Gasteiger partial charge is 0.352 e. The van der Waals surface area contributed by atoms with Crippen LogP contribution in [0, 0.1) is 6.92 Å². The second-order valence-corrected chi connectivity index (χ2v) is 4.06. The van der Waals surface area contributed by atoms with Gasteiger partial charge >= 0.3 is 6.03 Å². The van der Waals surface area contributed by atoms with Crippen LogP contribution in [0.15, 0.2) is 23.1 Å². The molecule has 0 unspecified atom stereocenters. The van der Waals surface area contributed by atoms with E-state index in [1.54, 1.807) is 6.07 Å². The highest BCUT2D eigenvalue weighted by Gasteiger charge is 2.08. The van der Waals surface area contributed by atoms with Crippen LogP contribution in [0.2, 0.25) is 0 Å². The first kappa shape index (κ1) is 13.4. The van der Waals surface area contributed by atoms with Gasteiger partial charge in [-0.3, -0.25) is 4.79 Å². The molecule has 17 heavy (non-hydrogen) atoms. The van der Waals surface area contributed by atoms with E-state index < -0.39 is 6.03 Å². The predicted molar refractivity (Wildman–Crippen MR) is 68.4 cm³/mol. The Balaban J connectivity index is 2.52. The molecule has 0 aliphatic carbocycles. The molecule has 1 rings (SSSR count). The maximum absolute atomic E-state index is 11.8. The SMILES string of the molecule is Cc1ccc(S)cc1C(=O)NCCNC(N)=O. The summed E-state index contributed by atoms with van der Waals surface area (Å²) < 4.78 is 0. The molecule has 1 aromatic rings. The molecule has 0 aromatic heterocycles. The normalized spacial score (nSPS) is 9.76. The summed E-state index contributed by atoms with van der Waals surface area (Å²) in [4.78, 5) is 22.9. The first-order valence-corrected chi connectivity index (χ1v) is 5.56. The van der Waals surface area contributed by atoms with Gasteiger partial charge in [0.1, 0.15) is 0 Å². The average molecular weight is 253 g/mol. The lowest BCUT2D eigenvalue weighted by atomic mass is 10.1. The lowest BCUT2D eigenvalue weighted by Crippen LogP contribution is -2.37. The summed E-state index contributed by atoms with van der Waals surface area (Å²) in [5.41, 5.74) is 6.35. The number of urea groups is 1. The van der Waals surface area contributed by atoms with Gasteiger partial charge in [-0.1, -0.05) is 6.07 Å². The molecule has 0 bridgehead atoms. The lowest BCUT2D eigenvalue weighted by Gasteiger charge is -2.08. The summed E-state index contributed by atoms with van der Waals surface area (Å²) in [6.07, 6.45) is 0. The zero-order valence-electron chi connectivity index (χ0n) is 9.49. The highest BCUT2D eigenvalue weighted by molar-refractivity contribution is 7.80. The van der Waals surface area contributed by atoms with Crippen molar-refractivity contribution < 1.29 is 9.59 Å². The standard InChI is InChI=1S/C11H15N3O2S/c1-7-2-3-8(17)6-9(7)10(15)13-4-5-14-11(12)16/h2-3,6,17H,4-5H2,1H3,(H,13,15)(H3,12,14,16). The van der Waals surface area contributed by atoms with E-state index in [0.717, 1.165) is 10.5 Å². The Hall–Kier alpha value is -1.69. The van der Waals surface area contributed by atoms with E-state index in [9.17, 15) is 9.59 Å². The minimum Gasteiger partial charge on any atom is -0.352 e. The van der Waals surface area contributed by atoms with Gasteiger partial charge in [0.05, 0.1) is 0 Å². The molecule has 0 atom stereocenters. The Kier molecular flexibility index (Phi) is 4.84. The van der Waals surface area contributed by atoms with E-state index in [4.69, 9.17) is 5.73 Å². The molecular formula is C11H15N3O2S. The van der Waals surface area contributed by atoms with E-state index in [-0.39, 0.29) is 5.91 Å². The first-order chi connectivity index (χ1) is 8.00. The number of thiol groups is 1. The van der Waals surface area contributed by atoms with Gasteiger partial charge in [0.15, 0.2) is 0 Å². The smallest absolute Gasteiger partial charge is 0.312 e. The number of hydrogen-bond acceptors (Lipinski definition) is 3. The van der Waals surface area contributed by atoms with Crippen LogP contribution in [0.5, 0.6) is 0 Å². The zero-order valence-corrected chi connectivity index (χ0v) is 10.4. The minimum atomic E-state index is -0.604. The number of nitrogens with two attached hydrogens (primary N) is 1. The Labute approximate surface area is 105 Å². The third kappa shape index (κ3) is 4.36. The van der Waals surface area contributed by atoms with Crippen LogP contribution in [-0.4, -0.2) is 25.0 Å². The summed E-state index contributed by atoms with van der Waals surface area (Å²) in [5, 5.41) is 5.07. The van der Waals surface area contributed by atoms with Crippen molar-refractivity contribution in [2.75, 3.05) is 13.1 Å². The maximum atomic E-state index is 11.8. The van der Waals surface area contributed by atoms with E-state index in [1.165, 1.54) is 0 Å². The van der Waals surface area contributed by atoms with Crippen LogP contribution in [-0.2, 0) is 0 Å². The van der Waals surface area contributed by atoms with Gasteiger partial charge < -0.3 is 16.4 Å². The molecule has 0 spiro atoms. The number of benzene rings is 1. The van der Waals surface area contributed by atoms with Crippen molar-refractivity contribution in [2.24, 2.45) is 5.73 Å². The molecule has 0 aliphatic rings. The van der Waals surface area contributed by atoms with E-state index in [0.29, 0.717) is 18.7 Å². The van der Waals surface area contributed by atoms with Gasteiger partial charge in [-0.05, 0) is 24.6 Å². The second kappa shape index (κ2) is 6.15. The average Bonchev–Trinajstić information content (AvgIpc) is 2.27. The quantitative estimate of drug-likeness (QED) is 0.470. The predicted octanol–water partition coefficient (Wildman–Crippen LogP) is 0.682. The van der Waals surface area contributed by atoms with Gasteiger partial charge in [-0.15, -0.1) is 12.6 Å². The maximum Gasteiger partial charge on any atom is 0.312 e. The first-order valence-electron chi connectivity index (χ1n) is 5.12. The highest BCUT2D eigenvalue weighted by Crippen LogP contribution is 2.13. The molecule has 1 aromatic carbocycles. The Morgan fingerprint density at radius 1 is 1.29 bits per heavy atom. The highest BCUT2D eigenvalue weighted by atomic mass is 32.1. The van der Waals surface area contributed by atoms with Crippen molar-refractivity contribution in [3.63, 3.8) is 0 Å². The van der Waals surface area contributed by atoms with Crippen molar-refractivity contribution in [1.82, 2.24) is 10.6 Å². The zero-order chi connectivity index (χ0) is 12.8. The number of primary amides is 1. The van der Waals surface area contributed by atoms with Gasteiger partial charge in [-0.2, -0.15) is 0 Å². The van der Waals surface area contributed by atoms with E-state index >= 15 is 0 Å². The van der Waals surface area contributed by atoms with Crippen molar-refractivity contribution in [3.8, 4) is 0 Å². The van der Waals surface area contributed by atoms with Crippen LogP contribution < -0.4 is 16.4 Å². The number of amides is 3. The van der Waals surface area contributed by atoms with Gasteiger partial charge in [0.2, 0.25) is 0 Å². The monoisotopic (exact) mass is 253 g/mol. The fourth-order valence-corrected chi connectivity index (χ4v) is 1.52. The summed E-state index contributed by atoms with van der Waals surface area (Å²) >= 11 is 4.18. The molecule has 0 saturated heterocycles. The minimum absolute atomic E-state index is 0.190. The molecule has 3 amide bonds. The number of carbonyl (C=O) groups is 2. The fourth-order valence-electron chi connectivity index (χ4n) is 1.31. The Bertz CT molecular complexity index is 435. The van der Waals surface area contributed by atoms with Crippen LogP contribution in [0.1, 0.15) is 15.9 Å². The van der Waals surface area contributed by atoms with Crippen molar-refractivity contribution in [2.45, 2.75) is 11.8 Å².